The molecule has 10 heteroatoms. The van der Waals surface area contributed by atoms with Crippen LogP contribution in [0.4, 0.5) is 11.4 Å². The van der Waals surface area contributed by atoms with Crippen molar-refractivity contribution >= 4 is 46.4 Å². The maximum Gasteiger partial charge on any atom is 0.280 e. The number of nitrogens with zero attached hydrogens (tertiary/aromatic N) is 4. The molecular weight excluding hydrogens is 525 g/mol. The Balaban J connectivity index is 1.75. The van der Waals surface area contributed by atoms with Gasteiger partial charge in [-0.05, 0) is 56.7 Å². The number of imidazole rings is 1. The maximum absolute atomic E-state index is 14.4. The molecule has 2 aromatic heterocycles. The van der Waals surface area contributed by atoms with E-state index >= 15 is 0 Å². The van der Waals surface area contributed by atoms with Gasteiger partial charge in [0.1, 0.15) is 11.6 Å². The molecule has 2 aliphatic heterocycles. The summed E-state index contributed by atoms with van der Waals surface area (Å²) in [4.78, 5) is 39.2. The molecule has 0 aliphatic carbocycles. The number of rotatable bonds is 4. The van der Waals surface area contributed by atoms with Crippen LogP contribution in [0, 0.1) is 6.92 Å². The van der Waals surface area contributed by atoms with Crippen LogP contribution in [-0.2, 0) is 10.3 Å². The van der Waals surface area contributed by atoms with E-state index in [2.05, 4.69) is 10.3 Å². The SMILES string of the molecule is COc1cnccc1-c1nc2c(n1C(C)C)[C@]1(C(=O)Nc3cc(Cl)ccc31)N(c1cc(Cl)ccc1C)C2=O. The molecule has 0 saturated heterocycles. The average molecular weight is 548 g/mol. The largest absolute Gasteiger partial charge is 0.494 e. The number of fused-ring (bicyclic) bond motifs is 4. The number of ether oxygens (including phenoxy) is 1. The summed E-state index contributed by atoms with van der Waals surface area (Å²) in [7, 11) is 1.55. The lowest BCUT2D eigenvalue weighted by Gasteiger charge is -2.36. The number of anilines is 2. The second-order valence-electron chi connectivity index (χ2n) is 9.60. The second kappa shape index (κ2) is 8.58. The Hall–Kier alpha value is -3.88. The van der Waals surface area contributed by atoms with Crippen molar-refractivity contribution in [2.75, 3.05) is 17.3 Å². The van der Waals surface area contributed by atoms with Gasteiger partial charge in [-0.25, -0.2) is 4.98 Å². The third kappa shape index (κ3) is 3.17. The Morgan fingerprint density at radius 2 is 1.79 bits per heavy atom. The highest BCUT2D eigenvalue weighted by Gasteiger charge is 2.64. The normalized spacial score (nSPS) is 17.8. The number of halogens is 2. The topological polar surface area (TPSA) is 89.3 Å². The zero-order valence-corrected chi connectivity index (χ0v) is 22.6. The molecule has 8 nitrogen and oxygen atoms in total. The molecule has 1 spiro atoms. The van der Waals surface area contributed by atoms with Crippen LogP contribution in [0.3, 0.4) is 0 Å². The molecule has 2 amide bonds. The van der Waals surface area contributed by atoms with Gasteiger partial charge in [0.25, 0.3) is 11.8 Å². The summed E-state index contributed by atoms with van der Waals surface area (Å²) in [5, 5.41) is 3.89. The van der Waals surface area contributed by atoms with Crippen molar-refractivity contribution in [3.63, 3.8) is 0 Å². The second-order valence-corrected chi connectivity index (χ2v) is 10.5. The molecule has 0 saturated carbocycles. The zero-order valence-electron chi connectivity index (χ0n) is 21.0. The van der Waals surface area contributed by atoms with Gasteiger partial charge >= 0.3 is 0 Å². The minimum absolute atomic E-state index is 0.173. The van der Waals surface area contributed by atoms with Crippen molar-refractivity contribution in [1.29, 1.82) is 0 Å². The van der Waals surface area contributed by atoms with Gasteiger partial charge in [-0.2, -0.15) is 0 Å². The molecule has 6 rings (SSSR count). The van der Waals surface area contributed by atoms with Gasteiger partial charge in [-0.3, -0.25) is 19.5 Å². The Kier molecular flexibility index (Phi) is 5.52. The summed E-state index contributed by atoms with van der Waals surface area (Å²) in [5.41, 5.74) is 2.23. The fourth-order valence-corrected chi connectivity index (χ4v) is 5.89. The van der Waals surface area contributed by atoms with Crippen molar-refractivity contribution < 1.29 is 14.3 Å². The molecule has 1 N–H and O–H groups in total. The highest BCUT2D eigenvalue weighted by atomic mass is 35.5. The summed E-state index contributed by atoms with van der Waals surface area (Å²) in [6, 6.07) is 12.1. The number of aryl methyl sites for hydroxylation is 1. The number of carbonyl (C=O) groups is 2. The van der Waals surface area contributed by atoms with E-state index in [1.165, 1.54) is 4.90 Å². The first-order chi connectivity index (χ1) is 18.2. The summed E-state index contributed by atoms with van der Waals surface area (Å²) < 4.78 is 7.51. The Morgan fingerprint density at radius 1 is 1.05 bits per heavy atom. The number of hydrogen-bond donors (Lipinski definition) is 1. The molecule has 0 unspecified atom stereocenters. The molecule has 38 heavy (non-hydrogen) atoms. The number of nitrogens with one attached hydrogen (secondary N) is 1. The molecule has 4 heterocycles. The first-order valence-corrected chi connectivity index (χ1v) is 12.8. The molecule has 0 fully saturated rings. The van der Waals surface area contributed by atoms with Crippen LogP contribution in [0.25, 0.3) is 11.4 Å². The zero-order chi connectivity index (χ0) is 26.9. The number of amides is 2. The molecular formula is C28H23Cl2N5O3. The van der Waals surface area contributed by atoms with E-state index in [-0.39, 0.29) is 17.6 Å². The number of aromatic nitrogens is 3. The van der Waals surface area contributed by atoms with Crippen LogP contribution < -0.4 is 15.0 Å². The smallest absolute Gasteiger partial charge is 0.280 e. The summed E-state index contributed by atoms with van der Waals surface area (Å²) in [5.74, 6) is 0.230. The molecule has 0 bridgehead atoms. The van der Waals surface area contributed by atoms with Gasteiger partial charge in [0.05, 0.1) is 30.3 Å². The van der Waals surface area contributed by atoms with Crippen molar-refractivity contribution in [2.45, 2.75) is 32.4 Å². The third-order valence-electron chi connectivity index (χ3n) is 7.12. The van der Waals surface area contributed by atoms with Crippen molar-refractivity contribution in [3.8, 4) is 17.1 Å². The lowest BCUT2D eigenvalue weighted by atomic mass is 9.86. The highest BCUT2D eigenvalue weighted by molar-refractivity contribution is 6.32. The van der Waals surface area contributed by atoms with E-state index in [1.54, 1.807) is 55.9 Å². The summed E-state index contributed by atoms with van der Waals surface area (Å²) in [6.45, 7) is 5.85. The van der Waals surface area contributed by atoms with Crippen LogP contribution in [0.5, 0.6) is 5.75 Å². The van der Waals surface area contributed by atoms with Gasteiger partial charge in [0, 0.05) is 33.5 Å². The lowest BCUT2D eigenvalue weighted by Crippen LogP contribution is -2.51. The monoisotopic (exact) mass is 547 g/mol. The van der Waals surface area contributed by atoms with E-state index in [0.717, 1.165) is 5.56 Å². The van der Waals surface area contributed by atoms with Crippen LogP contribution in [0.2, 0.25) is 10.0 Å². The highest BCUT2D eigenvalue weighted by Crippen LogP contribution is 2.55. The van der Waals surface area contributed by atoms with Gasteiger partial charge < -0.3 is 14.6 Å². The Morgan fingerprint density at radius 3 is 2.53 bits per heavy atom. The molecule has 2 aliphatic rings. The molecule has 4 aromatic rings. The van der Waals surface area contributed by atoms with Gasteiger partial charge in [-0.15, -0.1) is 0 Å². The van der Waals surface area contributed by atoms with Gasteiger partial charge in [0.2, 0.25) is 0 Å². The number of pyridine rings is 1. The first-order valence-electron chi connectivity index (χ1n) is 12.0. The minimum atomic E-state index is -1.54. The van der Waals surface area contributed by atoms with Crippen molar-refractivity contribution in [3.05, 3.63) is 87.4 Å². The summed E-state index contributed by atoms with van der Waals surface area (Å²) in [6.07, 6.45) is 3.24. The number of hydrogen-bond acceptors (Lipinski definition) is 5. The quantitative estimate of drug-likeness (QED) is 0.338. The first kappa shape index (κ1) is 24.5. The van der Waals surface area contributed by atoms with Crippen LogP contribution >= 0.6 is 23.2 Å². The minimum Gasteiger partial charge on any atom is -0.494 e. The molecule has 192 valence electrons. The maximum atomic E-state index is 14.4. The third-order valence-corrected chi connectivity index (χ3v) is 7.59. The summed E-state index contributed by atoms with van der Waals surface area (Å²) >= 11 is 12.7. The number of methoxy groups -OCH3 is 1. The van der Waals surface area contributed by atoms with Crippen molar-refractivity contribution in [2.24, 2.45) is 0 Å². The average Bonchev–Trinajstić information content (AvgIpc) is 3.49. The molecule has 1 atom stereocenters. The van der Waals surface area contributed by atoms with E-state index in [0.29, 0.717) is 49.8 Å². The van der Waals surface area contributed by atoms with E-state index < -0.39 is 11.4 Å². The Labute approximate surface area is 229 Å². The predicted octanol–water partition coefficient (Wildman–Crippen LogP) is 6.01. The Bertz CT molecular complexity index is 1660. The number of benzene rings is 2. The standard InChI is InChI=1S/C28H23Cl2N5O3/c1-14(2)34-24-23(33-25(34)18-9-10-31-13-22(18)38-4)26(36)35(21-12-17(30)6-5-15(21)3)28(24)19-8-7-16(29)11-20(19)32-27(28)37/h5-14H,1-4H3,(H,32,37)/t28-/m1/s1. The van der Waals surface area contributed by atoms with Gasteiger partial charge in [0.15, 0.2) is 11.2 Å². The predicted molar refractivity (Wildman–Crippen MR) is 146 cm³/mol. The molecule has 0 radical (unpaired) electrons. The van der Waals surface area contributed by atoms with Crippen LogP contribution in [0.1, 0.15) is 47.2 Å². The fourth-order valence-electron chi connectivity index (χ4n) is 5.55. The van der Waals surface area contributed by atoms with E-state index in [9.17, 15) is 9.59 Å². The number of carbonyl (C=O) groups excluding carboxylic acids is 2. The molecule has 2 aromatic carbocycles. The van der Waals surface area contributed by atoms with E-state index in [1.807, 2.05) is 31.4 Å². The van der Waals surface area contributed by atoms with E-state index in [4.69, 9.17) is 32.9 Å². The van der Waals surface area contributed by atoms with Crippen LogP contribution in [0.15, 0.2) is 54.9 Å². The van der Waals surface area contributed by atoms with Crippen molar-refractivity contribution in [1.82, 2.24) is 14.5 Å². The van der Waals surface area contributed by atoms with Gasteiger partial charge in [-0.1, -0.05) is 35.3 Å². The fraction of sp³-hybridized carbons (Fsp3) is 0.214. The van der Waals surface area contributed by atoms with Crippen LogP contribution in [-0.4, -0.2) is 33.5 Å². The lowest BCUT2D eigenvalue weighted by molar-refractivity contribution is -0.119.